The fourth-order valence-electron chi connectivity index (χ4n) is 2.39. The van der Waals surface area contributed by atoms with Crippen LogP contribution in [0.15, 0.2) is 30.7 Å². The monoisotopic (exact) mass is 288 g/mol. The number of aromatic nitrogens is 2. The third-order valence-electron chi connectivity index (χ3n) is 3.73. The normalized spacial score (nSPS) is 15.8. The summed E-state index contributed by atoms with van der Waals surface area (Å²) in [6.45, 7) is 2.16. The zero-order valence-corrected chi connectivity index (χ0v) is 12.3. The van der Waals surface area contributed by atoms with Crippen molar-refractivity contribution < 1.29 is 14.6 Å². The van der Waals surface area contributed by atoms with Gasteiger partial charge in [-0.2, -0.15) is 0 Å². The van der Waals surface area contributed by atoms with E-state index in [1.165, 1.54) is 12.8 Å². The van der Waals surface area contributed by atoms with Crippen molar-refractivity contribution in [1.29, 1.82) is 0 Å². The van der Waals surface area contributed by atoms with Crippen LogP contribution in [0.2, 0.25) is 0 Å². The minimum atomic E-state index is -0.584. The van der Waals surface area contributed by atoms with Crippen molar-refractivity contribution in [2.75, 3.05) is 7.11 Å². The fourth-order valence-corrected chi connectivity index (χ4v) is 2.39. The highest BCUT2D eigenvalue weighted by Crippen LogP contribution is 2.36. The summed E-state index contributed by atoms with van der Waals surface area (Å²) >= 11 is 0. The summed E-state index contributed by atoms with van der Waals surface area (Å²) in [5.74, 6) is 1.36. The minimum Gasteiger partial charge on any atom is -0.497 e. The average molecular weight is 288 g/mol. The SMILES string of the molecule is COc1ccc(C(C)O)c(OCc2cncn2C2CC2)c1. The van der Waals surface area contributed by atoms with Crippen LogP contribution in [0.4, 0.5) is 0 Å². The van der Waals surface area contributed by atoms with Crippen molar-refractivity contribution in [3.05, 3.63) is 42.0 Å². The second-order valence-corrected chi connectivity index (χ2v) is 5.39. The van der Waals surface area contributed by atoms with Gasteiger partial charge in [0.2, 0.25) is 0 Å². The molecule has 0 radical (unpaired) electrons. The molecule has 1 aromatic heterocycles. The predicted octanol–water partition coefficient (Wildman–Crippen LogP) is 2.86. The average Bonchev–Trinajstić information content (AvgIpc) is 3.23. The van der Waals surface area contributed by atoms with Gasteiger partial charge in [0.1, 0.15) is 18.1 Å². The number of benzene rings is 1. The van der Waals surface area contributed by atoms with Gasteiger partial charge in [-0.25, -0.2) is 4.98 Å². The zero-order chi connectivity index (χ0) is 14.8. The van der Waals surface area contributed by atoms with Gasteiger partial charge in [0.05, 0.1) is 31.4 Å². The van der Waals surface area contributed by atoms with Crippen molar-refractivity contribution in [2.24, 2.45) is 0 Å². The highest BCUT2D eigenvalue weighted by molar-refractivity contribution is 5.41. The van der Waals surface area contributed by atoms with Crippen LogP contribution in [0.1, 0.15) is 43.2 Å². The van der Waals surface area contributed by atoms with E-state index in [4.69, 9.17) is 9.47 Å². The molecule has 1 unspecified atom stereocenters. The Bertz CT molecular complexity index is 618. The number of ether oxygens (including phenoxy) is 2. The number of aliphatic hydroxyl groups is 1. The largest absolute Gasteiger partial charge is 0.497 e. The molecule has 1 aliphatic rings. The Morgan fingerprint density at radius 2 is 2.24 bits per heavy atom. The molecule has 0 amide bonds. The van der Waals surface area contributed by atoms with Crippen LogP contribution in [0.25, 0.3) is 0 Å². The number of rotatable bonds is 6. The molecular formula is C16H20N2O3. The number of methoxy groups -OCH3 is 1. The van der Waals surface area contributed by atoms with Crippen LogP contribution in [0.3, 0.4) is 0 Å². The lowest BCUT2D eigenvalue weighted by atomic mass is 10.1. The first kappa shape index (κ1) is 13.9. The molecule has 0 aliphatic heterocycles. The standard InChI is InChI=1S/C16H20N2O3/c1-11(19)15-6-5-14(20-2)7-16(15)21-9-13-8-17-10-18(13)12-3-4-12/h5-8,10-12,19H,3-4,9H2,1-2H3. The van der Waals surface area contributed by atoms with Crippen LogP contribution in [-0.4, -0.2) is 21.8 Å². The Morgan fingerprint density at radius 1 is 1.43 bits per heavy atom. The molecule has 1 aliphatic carbocycles. The Balaban J connectivity index is 1.78. The highest BCUT2D eigenvalue weighted by atomic mass is 16.5. The number of nitrogens with zero attached hydrogens (tertiary/aromatic N) is 2. The molecule has 2 aromatic rings. The number of hydrogen-bond donors (Lipinski definition) is 1. The first-order valence-corrected chi connectivity index (χ1v) is 7.18. The van der Waals surface area contributed by atoms with E-state index in [-0.39, 0.29) is 0 Å². The quantitative estimate of drug-likeness (QED) is 0.888. The predicted molar refractivity (Wildman–Crippen MR) is 78.5 cm³/mol. The molecular weight excluding hydrogens is 268 g/mol. The second-order valence-electron chi connectivity index (χ2n) is 5.39. The summed E-state index contributed by atoms with van der Waals surface area (Å²) in [4.78, 5) is 4.20. The number of hydrogen-bond acceptors (Lipinski definition) is 4. The molecule has 1 N–H and O–H groups in total. The third kappa shape index (κ3) is 3.03. The van der Waals surface area contributed by atoms with E-state index in [0.717, 1.165) is 11.3 Å². The van der Waals surface area contributed by atoms with E-state index in [9.17, 15) is 5.11 Å². The van der Waals surface area contributed by atoms with Crippen LogP contribution < -0.4 is 9.47 Å². The zero-order valence-electron chi connectivity index (χ0n) is 12.3. The van der Waals surface area contributed by atoms with Gasteiger partial charge in [-0.1, -0.05) is 0 Å². The van der Waals surface area contributed by atoms with Gasteiger partial charge in [0.25, 0.3) is 0 Å². The first-order chi connectivity index (χ1) is 10.2. The summed E-state index contributed by atoms with van der Waals surface area (Å²) in [6.07, 6.45) is 5.53. The van der Waals surface area contributed by atoms with E-state index in [1.54, 1.807) is 20.1 Å². The maximum Gasteiger partial charge on any atom is 0.130 e. The molecule has 5 heteroatoms. The molecule has 21 heavy (non-hydrogen) atoms. The van der Waals surface area contributed by atoms with Crippen molar-refractivity contribution in [3.8, 4) is 11.5 Å². The number of imidazole rings is 1. The number of aliphatic hydroxyl groups excluding tert-OH is 1. The summed E-state index contributed by atoms with van der Waals surface area (Å²) in [5, 5.41) is 9.84. The minimum absolute atomic E-state index is 0.434. The van der Waals surface area contributed by atoms with Gasteiger partial charge < -0.3 is 19.1 Å². The Kier molecular flexibility index (Phi) is 3.84. The van der Waals surface area contributed by atoms with Gasteiger partial charge in [-0.3, -0.25) is 0 Å². The lowest BCUT2D eigenvalue weighted by molar-refractivity contribution is 0.189. The van der Waals surface area contributed by atoms with Gasteiger partial charge in [0.15, 0.2) is 0 Å². The second kappa shape index (κ2) is 5.77. The molecule has 3 rings (SSSR count). The lowest BCUT2D eigenvalue weighted by Crippen LogP contribution is -2.06. The maximum atomic E-state index is 9.84. The molecule has 1 saturated carbocycles. The van der Waals surface area contributed by atoms with Gasteiger partial charge in [-0.15, -0.1) is 0 Å². The molecule has 1 fully saturated rings. The summed E-state index contributed by atoms with van der Waals surface area (Å²) in [5.41, 5.74) is 1.81. The molecule has 112 valence electrons. The molecule has 0 saturated heterocycles. The molecule has 1 atom stereocenters. The Hall–Kier alpha value is -2.01. The van der Waals surface area contributed by atoms with Gasteiger partial charge >= 0.3 is 0 Å². The molecule has 0 bridgehead atoms. The molecule has 1 aromatic carbocycles. The van der Waals surface area contributed by atoms with E-state index in [0.29, 0.717) is 24.1 Å². The van der Waals surface area contributed by atoms with Crippen LogP contribution >= 0.6 is 0 Å². The maximum absolute atomic E-state index is 9.84. The Morgan fingerprint density at radius 3 is 2.90 bits per heavy atom. The topological polar surface area (TPSA) is 56.5 Å². The molecule has 0 spiro atoms. The van der Waals surface area contributed by atoms with E-state index in [1.807, 2.05) is 24.7 Å². The van der Waals surface area contributed by atoms with E-state index < -0.39 is 6.10 Å². The smallest absolute Gasteiger partial charge is 0.130 e. The lowest BCUT2D eigenvalue weighted by Gasteiger charge is -2.15. The van der Waals surface area contributed by atoms with Crippen molar-refractivity contribution in [2.45, 2.75) is 38.5 Å². The van der Waals surface area contributed by atoms with E-state index in [2.05, 4.69) is 9.55 Å². The van der Waals surface area contributed by atoms with Gasteiger partial charge in [-0.05, 0) is 31.9 Å². The van der Waals surface area contributed by atoms with Crippen molar-refractivity contribution in [1.82, 2.24) is 9.55 Å². The summed E-state index contributed by atoms with van der Waals surface area (Å²) in [7, 11) is 1.61. The van der Waals surface area contributed by atoms with E-state index >= 15 is 0 Å². The van der Waals surface area contributed by atoms with Crippen LogP contribution in [0, 0.1) is 0 Å². The van der Waals surface area contributed by atoms with Crippen molar-refractivity contribution >= 4 is 0 Å². The van der Waals surface area contributed by atoms with Crippen molar-refractivity contribution in [3.63, 3.8) is 0 Å². The third-order valence-corrected chi connectivity index (χ3v) is 3.73. The van der Waals surface area contributed by atoms with Crippen LogP contribution in [-0.2, 0) is 6.61 Å². The fraction of sp³-hybridized carbons (Fsp3) is 0.438. The van der Waals surface area contributed by atoms with Crippen LogP contribution in [0.5, 0.6) is 11.5 Å². The highest BCUT2D eigenvalue weighted by Gasteiger charge is 2.25. The Labute approximate surface area is 124 Å². The first-order valence-electron chi connectivity index (χ1n) is 7.18. The summed E-state index contributed by atoms with van der Waals surface area (Å²) in [6, 6.07) is 6.04. The summed E-state index contributed by atoms with van der Waals surface area (Å²) < 4.78 is 13.3. The molecule has 1 heterocycles. The van der Waals surface area contributed by atoms with Gasteiger partial charge in [0, 0.05) is 17.7 Å². The molecule has 5 nitrogen and oxygen atoms in total.